The summed E-state index contributed by atoms with van der Waals surface area (Å²) in [5, 5.41) is 6.14. The van der Waals surface area contributed by atoms with Crippen molar-refractivity contribution in [3.8, 4) is 11.5 Å². The summed E-state index contributed by atoms with van der Waals surface area (Å²) in [5.41, 5.74) is 0. The molecule has 0 radical (unpaired) electrons. The van der Waals surface area contributed by atoms with E-state index in [2.05, 4.69) is 30.3 Å². The summed E-state index contributed by atoms with van der Waals surface area (Å²) >= 11 is 0. The predicted molar refractivity (Wildman–Crippen MR) is 115 cm³/mol. The van der Waals surface area contributed by atoms with Crippen molar-refractivity contribution in [1.29, 1.82) is 0 Å². The number of ether oxygens (including phenoxy) is 2. The quantitative estimate of drug-likeness (QED) is 0.450. The van der Waals surface area contributed by atoms with E-state index in [0.717, 1.165) is 6.42 Å². The van der Waals surface area contributed by atoms with Gasteiger partial charge < -0.3 is 20.1 Å². The van der Waals surface area contributed by atoms with Gasteiger partial charge in [0.05, 0.1) is 18.1 Å². The van der Waals surface area contributed by atoms with Gasteiger partial charge in [-0.25, -0.2) is 28.1 Å². The van der Waals surface area contributed by atoms with Gasteiger partial charge in [-0.05, 0) is 24.3 Å². The monoisotopic (exact) mass is 442 g/mol. The first-order chi connectivity index (χ1) is 15.1. The maximum absolute atomic E-state index is 12.6. The van der Waals surface area contributed by atoms with Crippen molar-refractivity contribution >= 4 is 27.5 Å². The smallest absolute Gasteiger partial charge is 0.240 e. The maximum atomic E-state index is 12.6. The molecule has 11 heteroatoms. The molecule has 0 saturated carbocycles. The zero-order valence-electron chi connectivity index (χ0n) is 16.6. The number of nitrogens with one attached hydrogen (secondary N) is 3. The van der Waals surface area contributed by atoms with E-state index in [9.17, 15) is 8.42 Å². The standard InChI is InChI=1S/C20H22N6O4S/c27-31(28,15-5-6-16-17(12-15)30-11-3-10-29-16)25-9-8-22-19-13-20(24-14-23-19)26-18-4-1-2-7-21-18/h1-2,4-7,12-14,25H,3,8-11H2,(H2,21,22,23,24,26). The largest absolute Gasteiger partial charge is 0.490 e. The van der Waals surface area contributed by atoms with Crippen LogP contribution in [0, 0.1) is 0 Å². The summed E-state index contributed by atoms with van der Waals surface area (Å²) in [7, 11) is -3.69. The molecule has 0 saturated heterocycles. The van der Waals surface area contributed by atoms with Crippen LogP contribution in [0.5, 0.6) is 11.5 Å². The highest BCUT2D eigenvalue weighted by Crippen LogP contribution is 2.31. The Hall–Kier alpha value is -3.44. The van der Waals surface area contributed by atoms with Crippen molar-refractivity contribution < 1.29 is 17.9 Å². The van der Waals surface area contributed by atoms with Gasteiger partial charge in [0.1, 0.15) is 23.8 Å². The van der Waals surface area contributed by atoms with Crippen LogP contribution in [0.3, 0.4) is 0 Å². The van der Waals surface area contributed by atoms with Crippen LogP contribution < -0.4 is 24.8 Å². The molecule has 2 aromatic heterocycles. The topological polar surface area (TPSA) is 127 Å². The lowest BCUT2D eigenvalue weighted by molar-refractivity contribution is 0.297. The minimum Gasteiger partial charge on any atom is -0.490 e. The second kappa shape index (κ2) is 9.58. The highest BCUT2D eigenvalue weighted by Gasteiger charge is 2.18. The van der Waals surface area contributed by atoms with Gasteiger partial charge in [-0.2, -0.15) is 0 Å². The Kier molecular flexibility index (Phi) is 6.43. The van der Waals surface area contributed by atoms with Crippen LogP contribution in [0.15, 0.2) is 59.9 Å². The van der Waals surface area contributed by atoms with Crippen LogP contribution in [0.4, 0.5) is 17.5 Å². The highest BCUT2D eigenvalue weighted by atomic mass is 32.2. The third kappa shape index (κ3) is 5.58. The molecule has 10 nitrogen and oxygen atoms in total. The number of sulfonamides is 1. The first-order valence-corrected chi connectivity index (χ1v) is 11.2. The van der Waals surface area contributed by atoms with Crippen LogP contribution in [0.25, 0.3) is 0 Å². The molecule has 0 bridgehead atoms. The van der Waals surface area contributed by atoms with Gasteiger partial charge in [0, 0.05) is 37.8 Å². The van der Waals surface area contributed by atoms with Crippen LogP contribution in [-0.4, -0.2) is 49.7 Å². The molecule has 1 aliphatic heterocycles. The Morgan fingerprint density at radius 3 is 2.55 bits per heavy atom. The zero-order valence-corrected chi connectivity index (χ0v) is 17.4. The third-order valence-corrected chi connectivity index (χ3v) is 5.80. The minimum absolute atomic E-state index is 0.126. The lowest BCUT2D eigenvalue weighted by Crippen LogP contribution is -2.29. The van der Waals surface area contributed by atoms with Crippen molar-refractivity contribution in [2.24, 2.45) is 0 Å². The summed E-state index contributed by atoms with van der Waals surface area (Å²) in [6, 6.07) is 11.8. The Morgan fingerprint density at radius 2 is 1.71 bits per heavy atom. The van der Waals surface area contributed by atoms with Crippen molar-refractivity contribution in [2.45, 2.75) is 11.3 Å². The van der Waals surface area contributed by atoms with E-state index in [4.69, 9.17) is 9.47 Å². The molecule has 3 N–H and O–H groups in total. The van der Waals surface area contributed by atoms with Crippen LogP contribution >= 0.6 is 0 Å². The first-order valence-electron chi connectivity index (χ1n) is 9.73. The number of anilines is 3. The van der Waals surface area contributed by atoms with Gasteiger partial charge in [-0.1, -0.05) is 6.07 Å². The Bertz CT molecular complexity index is 1130. The molecular weight excluding hydrogens is 420 g/mol. The first kappa shape index (κ1) is 20.8. The summed E-state index contributed by atoms with van der Waals surface area (Å²) in [5.74, 6) is 2.78. The van der Waals surface area contributed by atoms with E-state index in [0.29, 0.717) is 48.7 Å². The van der Waals surface area contributed by atoms with Gasteiger partial charge in [0.15, 0.2) is 11.5 Å². The number of nitrogens with zero attached hydrogens (tertiary/aromatic N) is 3. The Labute approximate surface area is 180 Å². The van der Waals surface area contributed by atoms with E-state index >= 15 is 0 Å². The normalized spacial score (nSPS) is 13.3. The Morgan fingerprint density at radius 1 is 0.871 bits per heavy atom. The molecule has 0 unspecified atom stereocenters. The molecule has 162 valence electrons. The van der Waals surface area contributed by atoms with Crippen molar-refractivity contribution in [1.82, 2.24) is 19.7 Å². The number of hydrogen-bond acceptors (Lipinski definition) is 9. The Balaban J connectivity index is 1.31. The zero-order chi connectivity index (χ0) is 21.5. The molecular formula is C20H22N6O4S. The van der Waals surface area contributed by atoms with Crippen LogP contribution in [0.2, 0.25) is 0 Å². The van der Waals surface area contributed by atoms with E-state index in [1.165, 1.54) is 18.5 Å². The van der Waals surface area contributed by atoms with E-state index < -0.39 is 10.0 Å². The fourth-order valence-electron chi connectivity index (χ4n) is 2.86. The summed E-state index contributed by atoms with van der Waals surface area (Å²) in [4.78, 5) is 12.6. The number of fused-ring (bicyclic) bond motifs is 1. The van der Waals surface area contributed by atoms with Gasteiger partial charge in [0.2, 0.25) is 10.0 Å². The summed E-state index contributed by atoms with van der Waals surface area (Å²) in [6.07, 6.45) is 3.84. The lowest BCUT2D eigenvalue weighted by Gasteiger charge is -2.11. The second-order valence-corrected chi connectivity index (χ2v) is 8.38. The fraction of sp³-hybridized carbons (Fsp3) is 0.250. The average Bonchev–Trinajstić information content (AvgIpc) is 3.03. The summed E-state index contributed by atoms with van der Waals surface area (Å²) in [6.45, 7) is 1.54. The van der Waals surface area contributed by atoms with Gasteiger partial charge in [0.25, 0.3) is 0 Å². The van der Waals surface area contributed by atoms with Gasteiger partial charge >= 0.3 is 0 Å². The molecule has 0 atom stereocenters. The maximum Gasteiger partial charge on any atom is 0.240 e. The number of rotatable bonds is 8. The summed E-state index contributed by atoms with van der Waals surface area (Å²) < 4.78 is 38.9. The number of pyridine rings is 1. The van der Waals surface area contributed by atoms with Crippen molar-refractivity contribution in [3.63, 3.8) is 0 Å². The third-order valence-electron chi connectivity index (χ3n) is 4.34. The van der Waals surface area contributed by atoms with Gasteiger partial charge in [-0.3, -0.25) is 0 Å². The minimum atomic E-state index is -3.69. The fourth-order valence-corrected chi connectivity index (χ4v) is 3.91. The average molecular weight is 443 g/mol. The molecule has 1 aromatic carbocycles. The van der Waals surface area contributed by atoms with Crippen LogP contribution in [-0.2, 0) is 10.0 Å². The van der Waals surface area contributed by atoms with E-state index in [1.54, 1.807) is 18.3 Å². The number of aromatic nitrogens is 3. The highest BCUT2D eigenvalue weighted by molar-refractivity contribution is 7.89. The number of benzene rings is 1. The molecule has 1 aliphatic rings. The van der Waals surface area contributed by atoms with Crippen LogP contribution in [0.1, 0.15) is 6.42 Å². The van der Waals surface area contributed by atoms with Crippen molar-refractivity contribution in [3.05, 3.63) is 55.0 Å². The lowest BCUT2D eigenvalue weighted by atomic mass is 10.3. The molecule has 0 spiro atoms. The van der Waals surface area contributed by atoms with Gasteiger partial charge in [-0.15, -0.1) is 0 Å². The van der Waals surface area contributed by atoms with E-state index in [-0.39, 0.29) is 11.4 Å². The molecule has 31 heavy (non-hydrogen) atoms. The second-order valence-electron chi connectivity index (χ2n) is 6.61. The predicted octanol–water partition coefficient (Wildman–Crippen LogP) is 2.17. The molecule has 0 amide bonds. The molecule has 0 aliphatic carbocycles. The van der Waals surface area contributed by atoms with Crippen molar-refractivity contribution in [2.75, 3.05) is 36.9 Å². The number of hydrogen-bond donors (Lipinski definition) is 3. The molecule has 4 rings (SSSR count). The van der Waals surface area contributed by atoms with E-state index in [1.807, 2.05) is 18.2 Å². The molecule has 0 fully saturated rings. The SMILES string of the molecule is O=S(=O)(NCCNc1cc(Nc2ccccn2)ncn1)c1ccc2c(c1)OCCCO2. The molecule has 3 heterocycles. The molecule has 3 aromatic rings.